The molecule has 2 N–H and O–H groups in total. The van der Waals surface area contributed by atoms with Gasteiger partial charge in [0.2, 0.25) is 0 Å². The van der Waals surface area contributed by atoms with E-state index in [0.717, 1.165) is 26.0 Å². The fourth-order valence-corrected chi connectivity index (χ4v) is 2.22. The maximum Gasteiger partial charge on any atom is 0.0703 e. The van der Waals surface area contributed by atoms with Crippen LogP contribution in [0.4, 0.5) is 0 Å². The van der Waals surface area contributed by atoms with Crippen LogP contribution in [0.25, 0.3) is 0 Å². The first-order valence-corrected chi connectivity index (χ1v) is 5.44. The number of halogens is 1. The summed E-state index contributed by atoms with van der Waals surface area (Å²) in [5, 5.41) is 0. The molecular formula is C10H21ClN2O. The first kappa shape index (κ1) is 12.2. The van der Waals surface area contributed by atoms with Gasteiger partial charge in [-0.1, -0.05) is 0 Å². The molecule has 0 aromatic carbocycles. The van der Waals surface area contributed by atoms with Gasteiger partial charge in [-0.3, -0.25) is 0 Å². The molecule has 0 aromatic rings. The molecule has 0 aliphatic carbocycles. The van der Waals surface area contributed by atoms with E-state index in [1.54, 1.807) is 0 Å². The third-order valence-electron chi connectivity index (χ3n) is 3.07. The van der Waals surface area contributed by atoms with E-state index in [-0.39, 0.29) is 18.4 Å². The summed E-state index contributed by atoms with van der Waals surface area (Å²) in [6.45, 7) is 4.43. The summed E-state index contributed by atoms with van der Waals surface area (Å²) < 4.78 is 5.69. The van der Waals surface area contributed by atoms with Gasteiger partial charge >= 0.3 is 0 Å². The Morgan fingerprint density at radius 2 is 1.93 bits per heavy atom. The van der Waals surface area contributed by atoms with Crippen molar-refractivity contribution in [1.82, 2.24) is 4.90 Å². The van der Waals surface area contributed by atoms with Crippen molar-refractivity contribution in [2.75, 3.05) is 26.2 Å². The lowest BCUT2D eigenvalue weighted by Crippen LogP contribution is -2.40. The molecule has 2 aliphatic heterocycles. The standard InChI is InChI=1S/C10H20N2O.ClH/c11-9-3-4-10(13-8-9)7-12-5-1-2-6-12;/h9-10H,1-8,11H2;1H/t9-,10+;/m1./s1. The Morgan fingerprint density at radius 3 is 2.50 bits per heavy atom. The highest BCUT2D eigenvalue weighted by molar-refractivity contribution is 5.85. The second-order valence-electron chi connectivity index (χ2n) is 4.30. The minimum absolute atomic E-state index is 0. The summed E-state index contributed by atoms with van der Waals surface area (Å²) in [6, 6.07) is 0.287. The van der Waals surface area contributed by atoms with E-state index in [2.05, 4.69) is 4.90 Å². The summed E-state index contributed by atoms with van der Waals surface area (Å²) in [5.41, 5.74) is 5.77. The average Bonchev–Trinajstić information content (AvgIpc) is 2.62. The first-order chi connectivity index (χ1) is 6.34. The smallest absolute Gasteiger partial charge is 0.0703 e. The Kier molecular flexibility index (Phi) is 5.17. The second-order valence-corrected chi connectivity index (χ2v) is 4.30. The highest BCUT2D eigenvalue weighted by atomic mass is 35.5. The Balaban J connectivity index is 0.000000980. The van der Waals surface area contributed by atoms with Crippen molar-refractivity contribution in [2.24, 2.45) is 5.73 Å². The molecule has 0 saturated carbocycles. The van der Waals surface area contributed by atoms with Gasteiger partial charge in [0.25, 0.3) is 0 Å². The number of hydrogen-bond acceptors (Lipinski definition) is 3. The molecule has 2 atom stereocenters. The molecule has 2 aliphatic rings. The van der Waals surface area contributed by atoms with Crippen molar-refractivity contribution in [2.45, 2.75) is 37.8 Å². The lowest BCUT2D eigenvalue weighted by Gasteiger charge is -2.29. The zero-order valence-corrected chi connectivity index (χ0v) is 9.47. The Labute approximate surface area is 92.4 Å². The van der Waals surface area contributed by atoms with Gasteiger partial charge in [0, 0.05) is 12.6 Å². The number of likely N-dealkylation sites (tertiary alicyclic amines) is 1. The lowest BCUT2D eigenvalue weighted by molar-refractivity contribution is -0.0110. The van der Waals surface area contributed by atoms with Gasteiger partial charge < -0.3 is 15.4 Å². The molecule has 2 rings (SSSR count). The van der Waals surface area contributed by atoms with Crippen LogP contribution in [0.3, 0.4) is 0 Å². The van der Waals surface area contributed by atoms with Crippen molar-refractivity contribution in [1.29, 1.82) is 0 Å². The molecule has 3 nitrogen and oxygen atoms in total. The summed E-state index contributed by atoms with van der Waals surface area (Å²) in [7, 11) is 0. The minimum Gasteiger partial charge on any atom is -0.375 e. The molecule has 2 saturated heterocycles. The maximum absolute atomic E-state index is 5.77. The summed E-state index contributed by atoms with van der Waals surface area (Å²) in [5.74, 6) is 0. The summed E-state index contributed by atoms with van der Waals surface area (Å²) >= 11 is 0. The molecule has 0 amide bonds. The van der Waals surface area contributed by atoms with Gasteiger partial charge in [0.05, 0.1) is 12.7 Å². The van der Waals surface area contributed by atoms with Crippen molar-refractivity contribution < 1.29 is 4.74 Å². The van der Waals surface area contributed by atoms with Crippen molar-refractivity contribution in [3.05, 3.63) is 0 Å². The Hall–Kier alpha value is 0.170. The van der Waals surface area contributed by atoms with Crippen molar-refractivity contribution in [3.63, 3.8) is 0 Å². The summed E-state index contributed by atoms with van der Waals surface area (Å²) in [4.78, 5) is 2.52. The second kappa shape index (κ2) is 5.91. The quantitative estimate of drug-likeness (QED) is 0.755. The SMILES string of the molecule is Cl.N[C@@H]1CC[C@@H](CN2CCCC2)OC1. The van der Waals surface area contributed by atoms with Gasteiger partial charge in [-0.2, -0.15) is 0 Å². The molecule has 84 valence electrons. The van der Waals surface area contributed by atoms with Gasteiger partial charge in [0.1, 0.15) is 0 Å². The van der Waals surface area contributed by atoms with Crippen LogP contribution in [0.15, 0.2) is 0 Å². The molecule has 0 radical (unpaired) electrons. The number of nitrogens with zero attached hydrogens (tertiary/aromatic N) is 1. The normalized spacial score (nSPS) is 34.1. The van der Waals surface area contributed by atoms with Crippen LogP contribution < -0.4 is 5.73 Å². The van der Waals surface area contributed by atoms with Crippen LogP contribution in [-0.4, -0.2) is 43.3 Å². The van der Waals surface area contributed by atoms with E-state index < -0.39 is 0 Å². The maximum atomic E-state index is 5.77. The third kappa shape index (κ3) is 3.39. The molecule has 0 bridgehead atoms. The van der Waals surface area contributed by atoms with Crippen LogP contribution in [0, 0.1) is 0 Å². The molecule has 0 unspecified atom stereocenters. The molecule has 0 aromatic heterocycles. The molecule has 2 fully saturated rings. The van der Waals surface area contributed by atoms with E-state index in [0.29, 0.717) is 6.10 Å². The number of nitrogens with two attached hydrogens (primary N) is 1. The molecule has 14 heavy (non-hydrogen) atoms. The van der Waals surface area contributed by atoms with Crippen LogP contribution in [0.5, 0.6) is 0 Å². The van der Waals surface area contributed by atoms with Crippen LogP contribution in [0.1, 0.15) is 25.7 Å². The number of ether oxygens (including phenoxy) is 1. The summed E-state index contributed by atoms with van der Waals surface area (Å²) in [6.07, 6.45) is 5.48. The van der Waals surface area contributed by atoms with Crippen molar-refractivity contribution >= 4 is 12.4 Å². The van der Waals surface area contributed by atoms with E-state index in [1.165, 1.54) is 25.9 Å². The largest absolute Gasteiger partial charge is 0.375 e. The van der Waals surface area contributed by atoms with Gasteiger partial charge in [-0.05, 0) is 38.8 Å². The lowest BCUT2D eigenvalue weighted by atomic mass is 10.1. The Morgan fingerprint density at radius 1 is 1.21 bits per heavy atom. The molecule has 4 heteroatoms. The average molecular weight is 221 g/mol. The van der Waals surface area contributed by atoms with Crippen LogP contribution >= 0.6 is 12.4 Å². The van der Waals surface area contributed by atoms with Gasteiger partial charge in [-0.15, -0.1) is 12.4 Å². The van der Waals surface area contributed by atoms with Gasteiger partial charge in [0.15, 0.2) is 0 Å². The zero-order valence-electron chi connectivity index (χ0n) is 8.65. The van der Waals surface area contributed by atoms with E-state index in [1.807, 2.05) is 0 Å². The zero-order chi connectivity index (χ0) is 9.10. The predicted octanol–water partition coefficient (Wildman–Crippen LogP) is 1.01. The Bertz CT molecular complexity index is 154. The molecule has 2 heterocycles. The van der Waals surface area contributed by atoms with Crippen LogP contribution in [-0.2, 0) is 4.74 Å². The first-order valence-electron chi connectivity index (χ1n) is 5.44. The predicted molar refractivity (Wildman–Crippen MR) is 59.9 cm³/mol. The van der Waals surface area contributed by atoms with Crippen molar-refractivity contribution in [3.8, 4) is 0 Å². The molecular weight excluding hydrogens is 200 g/mol. The molecule has 0 spiro atoms. The van der Waals surface area contributed by atoms with E-state index in [4.69, 9.17) is 10.5 Å². The van der Waals surface area contributed by atoms with Crippen LogP contribution in [0.2, 0.25) is 0 Å². The fraction of sp³-hybridized carbons (Fsp3) is 1.00. The van der Waals surface area contributed by atoms with Gasteiger partial charge in [-0.25, -0.2) is 0 Å². The highest BCUT2D eigenvalue weighted by Crippen LogP contribution is 2.16. The van der Waals surface area contributed by atoms with E-state index >= 15 is 0 Å². The minimum atomic E-state index is 0. The number of hydrogen-bond donors (Lipinski definition) is 1. The topological polar surface area (TPSA) is 38.5 Å². The fourth-order valence-electron chi connectivity index (χ4n) is 2.22. The monoisotopic (exact) mass is 220 g/mol. The third-order valence-corrected chi connectivity index (χ3v) is 3.07. The highest BCUT2D eigenvalue weighted by Gasteiger charge is 2.22. The number of rotatable bonds is 2. The van der Waals surface area contributed by atoms with E-state index in [9.17, 15) is 0 Å².